The van der Waals surface area contributed by atoms with Crippen molar-refractivity contribution in [2.45, 2.75) is 26.3 Å². The highest BCUT2D eigenvalue weighted by Crippen LogP contribution is 2.18. The summed E-state index contributed by atoms with van der Waals surface area (Å²) in [6.07, 6.45) is 2.69. The Kier molecular flexibility index (Phi) is 6.17. The molecule has 1 aromatic carbocycles. The van der Waals surface area contributed by atoms with Gasteiger partial charge in [-0.2, -0.15) is 5.10 Å². The number of nitrogens with one attached hydrogen (secondary N) is 1. The first kappa shape index (κ1) is 17.0. The van der Waals surface area contributed by atoms with E-state index in [1.54, 1.807) is 11.0 Å². The van der Waals surface area contributed by atoms with Crippen LogP contribution in [0.2, 0.25) is 0 Å². The number of rotatable bonds is 7. The van der Waals surface area contributed by atoms with Crippen LogP contribution in [0.3, 0.4) is 0 Å². The number of nitrogens with zero attached hydrogens (tertiary/aromatic N) is 3. The molecular formula is C17H24N4O2. The van der Waals surface area contributed by atoms with Crippen molar-refractivity contribution in [3.05, 3.63) is 48.2 Å². The standard InChI is InChI=1S/C17H24N4O2/c1-3-10-20(12-13-22)17(23)18-16-9-11-21(19-16)14(2)15-7-5-4-6-8-15/h4-9,11,14,22H,3,10,12-13H2,1-2H3,(H,18,19,23). The topological polar surface area (TPSA) is 70.4 Å². The highest BCUT2D eigenvalue weighted by Gasteiger charge is 2.14. The second kappa shape index (κ2) is 8.33. The largest absolute Gasteiger partial charge is 0.395 e. The van der Waals surface area contributed by atoms with Crippen molar-refractivity contribution in [2.75, 3.05) is 25.0 Å². The third-order valence-corrected chi connectivity index (χ3v) is 3.67. The van der Waals surface area contributed by atoms with E-state index in [4.69, 9.17) is 5.11 Å². The maximum Gasteiger partial charge on any atom is 0.323 e. The molecule has 0 aliphatic rings. The molecule has 6 nitrogen and oxygen atoms in total. The number of hydrogen-bond donors (Lipinski definition) is 2. The van der Waals surface area contributed by atoms with Crippen LogP contribution >= 0.6 is 0 Å². The smallest absolute Gasteiger partial charge is 0.323 e. The third kappa shape index (κ3) is 4.56. The summed E-state index contributed by atoms with van der Waals surface area (Å²) in [6, 6.07) is 11.7. The molecule has 0 aliphatic carbocycles. The molecule has 1 atom stereocenters. The predicted octanol–water partition coefficient (Wildman–Crippen LogP) is 2.73. The molecule has 124 valence electrons. The lowest BCUT2D eigenvalue weighted by atomic mass is 10.1. The van der Waals surface area contributed by atoms with E-state index in [1.165, 1.54) is 0 Å². The van der Waals surface area contributed by atoms with Crippen LogP contribution < -0.4 is 5.32 Å². The minimum Gasteiger partial charge on any atom is -0.395 e. The number of urea groups is 1. The number of aromatic nitrogens is 2. The van der Waals surface area contributed by atoms with Gasteiger partial charge in [-0.1, -0.05) is 37.3 Å². The lowest BCUT2D eigenvalue weighted by molar-refractivity contribution is 0.188. The number of hydrogen-bond acceptors (Lipinski definition) is 3. The summed E-state index contributed by atoms with van der Waals surface area (Å²) in [5.74, 6) is 0.511. The maximum atomic E-state index is 12.2. The van der Waals surface area contributed by atoms with Gasteiger partial charge in [0.1, 0.15) is 0 Å². The van der Waals surface area contributed by atoms with Gasteiger partial charge in [0.25, 0.3) is 0 Å². The molecule has 6 heteroatoms. The van der Waals surface area contributed by atoms with Gasteiger partial charge in [0.15, 0.2) is 5.82 Å². The molecule has 0 fully saturated rings. The van der Waals surface area contributed by atoms with Gasteiger partial charge in [-0.3, -0.25) is 10.00 Å². The lowest BCUT2D eigenvalue weighted by Crippen LogP contribution is -2.37. The molecule has 2 aromatic rings. The van der Waals surface area contributed by atoms with E-state index in [2.05, 4.69) is 29.5 Å². The summed E-state index contributed by atoms with van der Waals surface area (Å²) in [5.41, 5.74) is 1.15. The highest BCUT2D eigenvalue weighted by atomic mass is 16.3. The van der Waals surface area contributed by atoms with E-state index >= 15 is 0 Å². The molecular weight excluding hydrogens is 292 g/mol. The Labute approximate surface area is 136 Å². The maximum absolute atomic E-state index is 12.2. The molecule has 0 aliphatic heterocycles. The summed E-state index contributed by atoms with van der Waals surface area (Å²) in [6.45, 7) is 4.93. The summed E-state index contributed by atoms with van der Waals surface area (Å²) in [4.78, 5) is 13.8. The van der Waals surface area contributed by atoms with Crippen LogP contribution in [-0.2, 0) is 0 Å². The fraction of sp³-hybridized carbons (Fsp3) is 0.412. The van der Waals surface area contributed by atoms with Crippen LogP contribution in [0.4, 0.5) is 10.6 Å². The molecule has 0 saturated carbocycles. The summed E-state index contributed by atoms with van der Waals surface area (Å²) < 4.78 is 1.82. The third-order valence-electron chi connectivity index (χ3n) is 3.67. The van der Waals surface area contributed by atoms with E-state index in [9.17, 15) is 4.79 Å². The van der Waals surface area contributed by atoms with Crippen molar-refractivity contribution in [3.63, 3.8) is 0 Å². The van der Waals surface area contributed by atoms with Crippen molar-refractivity contribution >= 4 is 11.8 Å². The molecule has 1 heterocycles. The summed E-state index contributed by atoms with van der Waals surface area (Å²) in [7, 11) is 0. The van der Waals surface area contributed by atoms with Gasteiger partial charge in [-0.05, 0) is 18.9 Å². The van der Waals surface area contributed by atoms with Crippen molar-refractivity contribution in [3.8, 4) is 0 Å². The Bertz CT molecular complexity index is 606. The number of benzene rings is 1. The van der Waals surface area contributed by atoms with Crippen LogP contribution in [-0.4, -0.2) is 45.5 Å². The quantitative estimate of drug-likeness (QED) is 0.825. The van der Waals surface area contributed by atoms with Crippen LogP contribution in [0.25, 0.3) is 0 Å². The van der Waals surface area contributed by atoms with E-state index < -0.39 is 0 Å². The Morgan fingerprint density at radius 2 is 2.04 bits per heavy atom. The second-order valence-corrected chi connectivity index (χ2v) is 5.41. The SMILES string of the molecule is CCCN(CCO)C(=O)Nc1ccn(C(C)c2ccccc2)n1. The monoisotopic (exact) mass is 316 g/mol. The molecule has 1 aromatic heterocycles. The minimum absolute atomic E-state index is 0.0487. The predicted molar refractivity (Wildman–Crippen MR) is 90.5 cm³/mol. The molecule has 2 rings (SSSR count). The second-order valence-electron chi connectivity index (χ2n) is 5.41. The molecule has 2 N–H and O–H groups in total. The van der Waals surface area contributed by atoms with Crippen molar-refractivity contribution < 1.29 is 9.90 Å². The molecule has 23 heavy (non-hydrogen) atoms. The zero-order valence-corrected chi connectivity index (χ0v) is 13.6. The average Bonchev–Trinajstić information content (AvgIpc) is 3.03. The fourth-order valence-corrected chi connectivity index (χ4v) is 2.40. The molecule has 1 unspecified atom stereocenters. The van der Waals surface area contributed by atoms with Crippen LogP contribution in [0.1, 0.15) is 31.9 Å². The number of amides is 2. The Morgan fingerprint density at radius 1 is 1.30 bits per heavy atom. The van der Waals surface area contributed by atoms with Crippen LogP contribution in [0.5, 0.6) is 0 Å². The zero-order chi connectivity index (χ0) is 16.7. The molecule has 2 amide bonds. The number of carbonyl (C=O) groups is 1. The molecule has 0 radical (unpaired) electrons. The molecule has 0 bridgehead atoms. The lowest BCUT2D eigenvalue weighted by Gasteiger charge is -2.20. The average molecular weight is 316 g/mol. The first-order valence-corrected chi connectivity index (χ1v) is 7.92. The Hall–Kier alpha value is -2.34. The van der Waals surface area contributed by atoms with Gasteiger partial charge in [0.05, 0.1) is 12.6 Å². The van der Waals surface area contributed by atoms with E-state index in [1.807, 2.05) is 36.0 Å². The van der Waals surface area contributed by atoms with Crippen LogP contribution in [0, 0.1) is 0 Å². The van der Waals surface area contributed by atoms with Gasteiger partial charge in [0.2, 0.25) is 0 Å². The summed E-state index contributed by atoms with van der Waals surface area (Å²) >= 11 is 0. The van der Waals surface area contributed by atoms with Gasteiger partial charge < -0.3 is 10.0 Å². The molecule has 0 spiro atoms. The van der Waals surface area contributed by atoms with Crippen LogP contribution in [0.15, 0.2) is 42.6 Å². The van der Waals surface area contributed by atoms with E-state index in [-0.39, 0.29) is 18.7 Å². The number of aliphatic hydroxyl groups excluding tert-OH is 1. The number of aliphatic hydroxyl groups is 1. The number of carbonyl (C=O) groups excluding carboxylic acids is 1. The molecule has 0 saturated heterocycles. The Balaban J connectivity index is 2.03. The first-order valence-electron chi connectivity index (χ1n) is 7.92. The Morgan fingerprint density at radius 3 is 2.70 bits per heavy atom. The zero-order valence-electron chi connectivity index (χ0n) is 13.6. The normalized spacial score (nSPS) is 12.0. The number of anilines is 1. The van der Waals surface area contributed by atoms with E-state index in [0.717, 1.165) is 12.0 Å². The van der Waals surface area contributed by atoms with Gasteiger partial charge in [0, 0.05) is 25.4 Å². The van der Waals surface area contributed by atoms with Gasteiger partial charge in [-0.25, -0.2) is 4.79 Å². The summed E-state index contributed by atoms with van der Waals surface area (Å²) in [5, 5.41) is 16.2. The van der Waals surface area contributed by atoms with Crippen molar-refractivity contribution in [1.82, 2.24) is 14.7 Å². The van der Waals surface area contributed by atoms with Gasteiger partial charge in [-0.15, -0.1) is 0 Å². The first-order chi connectivity index (χ1) is 11.2. The minimum atomic E-state index is -0.237. The highest BCUT2D eigenvalue weighted by molar-refractivity contribution is 5.88. The van der Waals surface area contributed by atoms with Crippen molar-refractivity contribution in [2.24, 2.45) is 0 Å². The van der Waals surface area contributed by atoms with Gasteiger partial charge >= 0.3 is 6.03 Å². The van der Waals surface area contributed by atoms with E-state index in [0.29, 0.717) is 18.9 Å². The fourth-order valence-electron chi connectivity index (χ4n) is 2.40. The van der Waals surface area contributed by atoms with Crippen molar-refractivity contribution in [1.29, 1.82) is 0 Å².